The summed E-state index contributed by atoms with van der Waals surface area (Å²) in [4.78, 5) is 2.64. The zero-order valence-corrected chi connectivity index (χ0v) is 13.1. The van der Waals surface area contributed by atoms with Crippen LogP contribution < -0.4 is 0 Å². The highest BCUT2D eigenvalue weighted by molar-refractivity contribution is 5.36. The summed E-state index contributed by atoms with van der Waals surface area (Å²) >= 11 is 0. The minimum atomic E-state index is 0.255. The van der Waals surface area contributed by atoms with Crippen LogP contribution in [0.2, 0.25) is 0 Å². The van der Waals surface area contributed by atoms with Crippen LogP contribution in [0.4, 0.5) is 0 Å². The molecule has 1 aliphatic rings. The van der Waals surface area contributed by atoms with Crippen LogP contribution in [0.5, 0.6) is 0 Å². The average molecular weight is 259 g/mol. The van der Waals surface area contributed by atoms with Gasteiger partial charge in [-0.1, -0.05) is 51.0 Å². The molecule has 0 spiro atoms. The summed E-state index contributed by atoms with van der Waals surface area (Å²) in [5.41, 5.74) is 4.72. The van der Waals surface area contributed by atoms with E-state index >= 15 is 0 Å². The minimum absolute atomic E-state index is 0.255. The molecule has 1 fully saturated rings. The third-order valence-electron chi connectivity index (χ3n) is 4.21. The van der Waals surface area contributed by atoms with E-state index in [9.17, 15) is 0 Å². The fraction of sp³-hybridized carbons (Fsp3) is 0.667. The van der Waals surface area contributed by atoms with Crippen molar-refractivity contribution in [2.75, 3.05) is 19.6 Å². The first-order valence-corrected chi connectivity index (χ1v) is 7.79. The first kappa shape index (κ1) is 14.6. The fourth-order valence-corrected chi connectivity index (χ4v) is 3.12. The quantitative estimate of drug-likeness (QED) is 0.781. The van der Waals surface area contributed by atoms with E-state index in [1.54, 1.807) is 5.56 Å². The monoisotopic (exact) mass is 259 g/mol. The topological polar surface area (TPSA) is 3.24 Å². The molecule has 0 N–H and O–H groups in total. The van der Waals surface area contributed by atoms with Gasteiger partial charge in [0.2, 0.25) is 0 Å². The van der Waals surface area contributed by atoms with Crippen LogP contribution in [0.3, 0.4) is 0 Å². The van der Waals surface area contributed by atoms with E-state index in [0.29, 0.717) is 0 Å². The summed E-state index contributed by atoms with van der Waals surface area (Å²) in [5.74, 6) is 0. The van der Waals surface area contributed by atoms with Gasteiger partial charge in [0.15, 0.2) is 0 Å². The Balaban J connectivity index is 2.07. The second-order valence-corrected chi connectivity index (χ2v) is 7.06. The molecule has 1 aromatic carbocycles. The Morgan fingerprint density at radius 1 is 1.05 bits per heavy atom. The Labute approximate surface area is 119 Å². The van der Waals surface area contributed by atoms with Gasteiger partial charge in [-0.3, -0.25) is 0 Å². The molecular weight excluding hydrogens is 230 g/mol. The van der Waals surface area contributed by atoms with Gasteiger partial charge in [0, 0.05) is 6.54 Å². The van der Waals surface area contributed by atoms with Crippen molar-refractivity contribution < 1.29 is 0 Å². The molecule has 1 saturated heterocycles. The molecule has 0 bridgehead atoms. The number of nitrogens with zero attached hydrogens (tertiary/aromatic N) is 1. The number of rotatable bonds is 3. The number of hydrogen-bond donors (Lipinski definition) is 0. The molecule has 0 amide bonds. The second kappa shape index (κ2) is 6.09. The Morgan fingerprint density at radius 3 is 2.37 bits per heavy atom. The van der Waals surface area contributed by atoms with Crippen LogP contribution in [0.1, 0.15) is 56.7 Å². The van der Waals surface area contributed by atoms with E-state index in [0.717, 1.165) is 0 Å². The van der Waals surface area contributed by atoms with Crippen molar-refractivity contribution in [1.29, 1.82) is 0 Å². The second-order valence-electron chi connectivity index (χ2n) is 7.06. The van der Waals surface area contributed by atoms with Crippen molar-refractivity contribution in [3.63, 3.8) is 0 Å². The Bertz CT molecular complexity index is 408. The highest BCUT2D eigenvalue weighted by atomic mass is 15.1. The van der Waals surface area contributed by atoms with Crippen LogP contribution in [-0.2, 0) is 11.8 Å². The summed E-state index contributed by atoms with van der Waals surface area (Å²) < 4.78 is 0. The molecule has 0 aromatic heterocycles. The van der Waals surface area contributed by atoms with Gasteiger partial charge < -0.3 is 4.90 Å². The van der Waals surface area contributed by atoms with Crippen molar-refractivity contribution >= 4 is 0 Å². The molecule has 1 nitrogen and oxygen atoms in total. The maximum absolute atomic E-state index is 2.64. The largest absolute Gasteiger partial charge is 0.303 e. The molecule has 1 aromatic rings. The highest BCUT2D eigenvalue weighted by Crippen LogP contribution is 2.27. The maximum Gasteiger partial charge on any atom is 0.00219 e. The van der Waals surface area contributed by atoms with Crippen LogP contribution in [0, 0.1) is 6.92 Å². The molecule has 2 rings (SSSR count). The molecule has 19 heavy (non-hydrogen) atoms. The number of benzene rings is 1. The maximum atomic E-state index is 2.64. The van der Waals surface area contributed by atoms with Gasteiger partial charge in [-0.15, -0.1) is 0 Å². The Morgan fingerprint density at radius 2 is 1.74 bits per heavy atom. The standard InChI is InChI=1S/C18H29N/c1-15-8-9-17(18(2,3)4)16(14-15)10-13-19-11-6-5-7-12-19/h8-9,14H,5-7,10-13H2,1-4H3. The normalized spacial score (nSPS) is 17.7. The van der Waals surface area contributed by atoms with E-state index in [4.69, 9.17) is 0 Å². The zero-order valence-electron chi connectivity index (χ0n) is 13.1. The van der Waals surface area contributed by atoms with Crippen LogP contribution in [0.15, 0.2) is 18.2 Å². The molecule has 0 saturated carbocycles. The lowest BCUT2D eigenvalue weighted by atomic mass is 9.82. The average Bonchev–Trinajstić information content (AvgIpc) is 2.36. The van der Waals surface area contributed by atoms with Gasteiger partial charge in [0.05, 0.1) is 0 Å². The number of aryl methyl sites for hydroxylation is 1. The number of piperidine rings is 1. The van der Waals surface area contributed by atoms with E-state index < -0.39 is 0 Å². The number of hydrogen-bond acceptors (Lipinski definition) is 1. The first-order valence-electron chi connectivity index (χ1n) is 7.79. The molecule has 1 heterocycles. The lowest BCUT2D eigenvalue weighted by Crippen LogP contribution is -2.32. The molecule has 1 heteroatoms. The van der Waals surface area contributed by atoms with Crippen LogP contribution in [0.25, 0.3) is 0 Å². The van der Waals surface area contributed by atoms with Crippen LogP contribution in [-0.4, -0.2) is 24.5 Å². The number of likely N-dealkylation sites (tertiary alicyclic amines) is 1. The molecular formula is C18H29N. The highest BCUT2D eigenvalue weighted by Gasteiger charge is 2.18. The van der Waals surface area contributed by atoms with Crippen molar-refractivity contribution in [3.8, 4) is 0 Å². The molecule has 106 valence electrons. The van der Waals surface area contributed by atoms with Crippen molar-refractivity contribution in [2.45, 2.75) is 58.8 Å². The van der Waals surface area contributed by atoms with E-state index in [1.165, 1.54) is 56.4 Å². The summed E-state index contributed by atoms with van der Waals surface area (Å²) in [6.45, 7) is 13.0. The third kappa shape index (κ3) is 4.07. The summed E-state index contributed by atoms with van der Waals surface area (Å²) in [7, 11) is 0. The molecule has 0 unspecified atom stereocenters. The molecule has 1 aliphatic heterocycles. The van der Waals surface area contributed by atoms with Crippen molar-refractivity contribution in [1.82, 2.24) is 4.90 Å². The first-order chi connectivity index (χ1) is 8.97. The predicted octanol–water partition coefficient (Wildman–Crippen LogP) is 4.32. The third-order valence-corrected chi connectivity index (χ3v) is 4.21. The van der Waals surface area contributed by atoms with Gasteiger partial charge in [-0.25, -0.2) is 0 Å². The van der Waals surface area contributed by atoms with Gasteiger partial charge in [-0.2, -0.15) is 0 Å². The fourth-order valence-electron chi connectivity index (χ4n) is 3.12. The minimum Gasteiger partial charge on any atom is -0.303 e. The van der Waals surface area contributed by atoms with Gasteiger partial charge in [0.1, 0.15) is 0 Å². The van der Waals surface area contributed by atoms with E-state index in [-0.39, 0.29) is 5.41 Å². The summed E-state index contributed by atoms with van der Waals surface area (Å²) in [6, 6.07) is 6.98. The van der Waals surface area contributed by atoms with E-state index in [2.05, 4.69) is 50.8 Å². The lowest BCUT2D eigenvalue weighted by molar-refractivity contribution is 0.231. The van der Waals surface area contributed by atoms with Gasteiger partial charge >= 0.3 is 0 Å². The summed E-state index contributed by atoms with van der Waals surface area (Å²) in [6.07, 6.45) is 5.41. The summed E-state index contributed by atoms with van der Waals surface area (Å²) in [5, 5.41) is 0. The SMILES string of the molecule is Cc1ccc(C(C)(C)C)c(CCN2CCCCC2)c1. The lowest BCUT2D eigenvalue weighted by Gasteiger charge is -2.28. The Kier molecular flexibility index (Phi) is 4.67. The van der Waals surface area contributed by atoms with Crippen molar-refractivity contribution in [2.24, 2.45) is 0 Å². The zero-order chi connectivity index (χ0) is 13.9. The van der Waals surface area contributed by atoms with E-state index in [1.807, 2.05) is 0 Å². The molecule has 0 radical (unpaired) electrons. The predicted molar refractivity (Wildman–Crippen MR) is 83.9 cm³/mol. The van der Waals surface area contributed by atoms with Gasteiger partial charge in [0.25, 0.3) is 0 Å². The molecule has 0 aliphatic carbocycles. The molecule has 0 atom stereocenters. The van der Waals surface area contributed by atoms with Crippen LogP contribution >= 0.6 is 0 Å². The smallest absolute Gasteiger partial charge is 0.00219 e. The van der Waals surface area contributed by atoms with Gasteiger partial charge in [-0.05, 0) is 55.8 Å². The van der Waals surface area contributed by atoms with Crippen molar-refractivity contribution in [3.05, 3.63) is 34.9 Å². The Hall–Kier alpha value is -0.820.